The Kier molecular flexibility index (Phi) is 3.08. The molecule has 14 heavy (non-hydrogen) atoms. The van der Waals surface area contributed by atoms with Gasteiger partial charge in [0.05, 0.1) is 12.7 Å². The fraction of sp³-hybridized carbons (Fsp3) is 0.400. The molecule has 0 fully saturated rings. The van der Waals surface area contributed by atoms with Gasteiger partial charge in [-0.2, -0.15) is 0 Å². The van der Waals surface area contributed by atoms with Gasteiger partial charge >= 0.3 is 0 Å². The minimum absolute atomic E-state index is 0.0404. The van der Waals surface area contributed by atoms with Gasteiger partial charge in [-0.15, -0.1) is 0 Å². The van der Waals surface area contributed by atoms with E-state index in [2.05, 4.69) is 0 Å². The van der Waals surface area contributed by atoms with Gasteiger partial charge < -0.3 is 15.6 Å². The largest absolute Gasteiger partial charge is 0.494 e. The second-order valence-corrected chi connectivity index (χ2v) is 3.33. The summed E-state index contributed by atoms with van der Waals surface area (Å²) in [7, 11) is 1.39. The van der Waals surface area contributed by atoms with Crippen LogP contribution in [0.3, 0.4) is 0 Å². The minimum atomic E-state index is -1.20. The predicted molar refractivity (Wildman–Crippen MR) is 51.6 cm³/mol. The van der Waals surface area contributed by atoms with Crippen molar-refractivity contribution in [3.63, 3.8) is 0 Å². The zero-order valence-electron chi connectivity index (χ0n) is 8.25. The molecule has 1 aromatic rings. The minimum Gasteiger partial charge on any atom is -0.494 e. The summed E-state index contributed by atoms with van der Waals surface area (Å²) in [5, 5.41) is 9.75. The molecule has 0 aliphatic rings. The molecule has 0 saturated carbocycles. The number of hydrogen-bond donors (Lipinski definition) is 2. The highest BCUT2D eigenvalue weighted by Crippen LogP contribution is 2.24. The van der Waals surface area contributed by atoms with Crippen molar-refractivity contribution in [1.82, 2.24) is 0 Å². The van der Waals surface area contributed by atoms with Crippen LogP contribution in [-0.4, -0.2) is 18.8 Å². The van der Waals surface area contributed by atoms with Crippen LogP contribution in [-0.2, 0) is 5.60 Å². The maximum absolute atomic E-state index is 13.2. The van der Waals surface area contributed by atoms with Gasteiger partial charge in [-0.3, -0.25) is 0 Å². The summed E-state index contributed by atoms with van der Waals surface area (Å²) in [6.45, 7) is 1.58. The van der Waals surface area contributed by atoms with Crippen LogP contribution in [0.5, 0.6) is 5.75 Å². The molecule has 78 valence electrons. The first-order valence-corrected chi connectivity index (χ1v) is 4.27. The first-order chi connectivity index (χ1) is 6.51. The standard InChI is InChI=1S/C10H14FNO2/c1-10(13,6-12)7-3-4-9(14-2)8(11)5-7/h3-5,13H,6,12H2,1-2H3. The number of methoxy groups -OCH3 is 1. The number of nitrogens with two attached hydrogens (primary N) is 1. The highest BCUT2D eigenvalue weighted by Gasteiger charge is 2.22. The third kappa shape index (κ3) is 2.02. The molecule has 0 heterocycles. The molecule has 1 aromatic carbocycles. The van der Waals surface area contributed by atoms with Crippen molar-refractivity contribution >= 4 is 0 Å². The van der Waals surface area contributed by atoms with Crippen molar-refractivity contribution in [3.8, 4) is 5.75 Å². The van der Waals surface area contributed by atoms with Crippen LogP contribution in [0.15, 0.2) is 18.2 Å². The topological polar surface area (TPSA) is 55.5 Å². The van der Waals surface area contributed by atoms with Crippen molar-refractivity contribution in [2.45, 2.75) is 12.5 Å². The lowest BCUT2D eigenvalue weighted by Gasteiger charge is -2.21. The molecule has 0 aromatic heterocycles. The van der Waals surface area contributed by atoms with E-state index in [-0.39, 0.29) is 12.3 Å². The lowest BCUT2D eigenvalue weighted by Crippen LogP contribution is -2.31. The Bertz CT molecular complexity index is 326. The Hall–Kier alpha value is -1.13. The quantitative estimate of drug-likeness (QED) is 0.763. The van der Waals surface area contributed by atoms with Crippen LogP contribution < -0.4 is 10.5 Å². The van der Waals surface area contributed by atoms with Gasteiger partial charge in [0.15, 0.2) is 11.6 Å². The molecule has 0 aliphatic heterocycles. The summed E-state index contributed by atoms with van der Waals surface area (Å²) in [5.74, 6) is -0.347. The van der Waals surface area contributed by atoms with Crippen LogP contribution in [0, 0.1) is 5.82 Å². The lowest BCUT2D eigenvalue weighted by atomic mass is 9.96. The summed E-state index contributed by atoms with van der Waals surface area (Å²) < 4.78 is 18.0. The zero-order valence-corrected chi connectivity index (χ0v) is 8.25. The number of benzene rings is 1. The highest BCUT2D eigenvalue weighted by molar-refractivity contribution is 5.32. The van der Waals surface area contributed by atoms with E-state index in [1.165, 1.54) is 26.2 Å². The maximum Gasteiger partial charge on any atom is 0.165 e. The molecule has 0 aliphatic carbocycles. The first kappa shape index (κ1) is 10.9. The van der Waals surface area contributed by atoms with E-state index in [1.54, 1.807) is 6.07 Å². The smallest absolute Gasteiger partial charge is 0.165 e. The van der Waals surface area contributed by atoms with E-state index in [1.807, 2.05) is 0 Å². The molecule has 1 unspecified atom stereocenters. The van der Waals surface area contributed by atoms with Crippen LogP contribution in [0.4, 0.5) is 4.39 Å². The van der Waals surface area contributed by atoms with Crippen molar-refractivity contribution in [3.05, 3.63) is 29.6 Å². The van der Waals surface area contributed by atoms with Gasteiger partial charge in [0.1, 0.15) is 0 Å². The number of aliphatic hydroxyl groups is 1. The Labute approximate surface area is 82.3 Å². The highest BCUT2D eigenvalue weighted by atomic mass is 19.1. The summed E-state index contributed by atoms with van der Waals surface area (Å²) in [6.07, 6.45) is 0. The van der Waals surface area contributed by atoms with E-state index < -0.39 is 11.4 Å². The summed E-state index contributed by atoms with van der Waals surface area (Å²) in [4.78, 5) is 0. The molecule has 3 N–H and O–H groups in total. The van der Waals surface area contributed by atoms with Crippen molar-refractivity contribution < 1.29 is 14.2 Å². The average molecular weight is 199 g/mol. The second kappa shape index (κ2) is 3.94. The molecule has 1 atom stereocenters. The van der Waals surface area contributed by atoms with E-state index in [0.717, 1.165) is 0 Å². The number of rotatable bonds is 3. The number of ether oxygens (including phenoxy) is 1. The second-order valence-electron chi connectivity index (χ2n) is 3.33. The number of hydrogen-bond acceptors (Lipinski definition) is 3. The van der Waals surface area contributed by atoms with E-state index >= 15 is 0 Å². The van der Waals surface area contributed by atoms with Gasteiger partial charge in [-0.05, 0) is 24.6 Å². The molecule has 3 nitrogen and oxygen atoms in total. The SMILES string of the molecule is COc1ccc(C(C)(O)CN)cc1F. The monoisotopic (exact) mass is 199 g/mol. The third-order valence-corrected chi connectivity index (χ3v) is 2.17. The van der Waals surface area contributed by atoms with Crippen molar-refractivity contribution in [2.75, 3.05) is 13.7 Å². The zero-order chi connectivity index (χ0) is 10.8. The third-order valence-electron chi connectivity index (χ3n) is 2.17. The van der Waals surface area contributed by atoms with Crippen molar-refractivity contribution in [2.24, 2.45) is 5.73 Å². The predicted octanol–water partition coefficient (Wildman–Crippen LogP) is 1.00. The van der Waals surface area contributed by atoms with Gasteiger partial charge in [-0.1, -0.05) is 6.07 Å². The fourth-order valence-corrected chi connectivity index (χ4v) is 1.12. The van der Waals surface area contributed by atoms with E-state index in [0.29, 0.717) is 5.56 Å². The molecular formula is C10H14FNO2. The van der Waals surface area contributed by atoms with Gasteiger partial charge in [0.2, 0.25) is 0 Å². The number of halogens is 1. The van der Waals surface area contributed by atoms with E-state index in [4.69, 9.17) is 10.5 Å². The van der Waals surface area contributed by atoms with Gasteiger partial charge in [0.25, 0.3) is 0 Å². The van der Waals surface area contributed by atoms with Gasteiger partial charge in [-0.25, -0.2) is 4.39 Å². The molecule has 0 spiro atoms. The van der Waals surface area contributed by atoms with Crippen LogP contribution >= 0.6 is 0 Å². The molecule has 4 heteroatoms. The molecule has 0 radical (unpaired) electrons. The van der Waals surface area contributed by atoms with Gasteiger partial charge in [0, 0.05) is 6.54 Å². The molecule has 0 saturated heterocycles. The first-order valence-electron chi connectivity index (χ1n) is 4.27. The Morgan fingerprint density at radius 3 is 2.64 bits per heavy atom. The van der Waals surface area contributed by atoms with Crippen LogP contribution in [0.25, 0.3) is 0 Å². The summed E-state index contributed by atoms with van der Waals surface area (Å²) in [5.41, 5.74) is 4.60. The average Bonchev–Trinajstić information content (AvgIpc) is 2.17. The molecule has 1 rings (SSSR count). The normalized spacial score (nSPS) is 14.9. The molecule has 0 amide bonds. The maximum atomic E-state index is 13.2. The Balaban J connectivity index is 3.08. The summed E-state index contributed by atoms with van der Waals surface area (Å²) in [6, 6.07) is 4.29. The lowest BCUT2D eigenvalue weighted by molar-refractivity contribution is 0.0664. The molecular weight excluding hydrogens is 185 g/mol. The fourth-order valence-electron chi connectivity index (χ4n) is 1.12. The summed E-state index contributed by atoms with van der Waals surface area (Å²) >= 11 is 0. The van der Waals surface area contributed by atoms with Crippen molar-refractivity contribution in [1.29, 1.82) is 0 Å². The Morgan fingerprint density at radius 2 is 2.21 bits per heavy atom. The van der Waals surface area contributed by atoms with E-state index in [9.17, 15) is 9.50 Å². The van der Waals surface area contributed by atoms with Crippen LogP contribution in [0.2, 0.25) is 0 Å². The molecule has 0 bridgehead atoms. The van der Waals surface area contributed by atoms with Crippen LogP contribution in [0.1, 0.15) is 12.5 Å². The Morgan fingerprint density at radius 1 is 1.57 bits per heavy atom.